The van der Waals surface area contributed by atoms with Crippen molar-refractivity contribution in [1.82, 2.24) is 4.98 Å². The summed E-state index contributed by atoms with van der Waals surface area (Å²) in [5, 5.41) is 3.73. The highest BCUT2D eigenvalue weighted by Gasteiger charge is 2.32. The summed E-state index contributed by atoms with van der Waals surface area (Å²) in [6.45, 7) is 2.27. The van der Waals surface area contributed by atoms with Gasteiger partial charge in [-0.25, -0.2) is 0 Å². The van der Waals surface area contributed by atoms with Gasteiger partial charge >= 0.3 is 12.4 Å². The predicted molar refractivity (Wildman–Crippen MR) is 147 cm³/mol. The van der Waals surface area contributed by atoms with E-state index in [2.05, 4.69) is 10.3 Å². The molecule has 6 nitrogen and oxygen atoms in total. The van der Waals surface area contributed by atoms with Crippen molar-refractivity contribution < 1.29 is 40.6 Å². The maximum atomic E-state index is 13.4. The molecule has 1 heterocycles. The van der Waals surface area contributed by atoms with E-state index in [4.69, 9.17) is 19.9 Å². The molecule has 3 aromatic carbocycles. The van der Waals surface area contributed by atoms with Crippen LogP contribution in [-0.4, -0.2) is 24.7 Å². The van der Waals surface area contributed by atoms with E-state index in [1.54, 1.807) is 12.1 Å². The van der Waals surface area contributed by atoms with Gasteiger partial charge in [0.05, 0.1) is 34.8 Å². The number of nitrogens with zero attached hydrogens (tertiary/aromatic N) is 1. The van der Waals surface area contributed by atoms with Gasteiger partial charge in [0.1, 0.15) is 18.1 Å². The van der Waals surface area contributed by atoms with Gasteiger partial charge in [-0.15, -0.1) is 0 Å². The third kappa shape index (κ3) is 7.35. The van der Waals surface area contributed by atoms with Crippen LogP contribution in [0.3, 0.4) is 0 Å². The minimum Gasteiger partial charge on any atom is -0.493 e. The average Bonchev–Trinajstić information content (AvgIpc) is 2.95. The highest BCUT2D eigenvalue weighted by molar-refractivity contribution is 5.99. The summed E-state index contributed by atoms with van der Waals surface area (Å²) in [7, 11) is 1.39. The van der Waals surface area contributed by atoms with Gasteiger partial charge < -0.3 is 25.3 Å². The van der Waals surface area contributed by atoms with Gasteiger partial charge in [0.25, 0.3) is 0 Å². The number of aromatic nitrogens is 1. The number of benzene rings is 3. The van der Waals surface area contributed by atoms with Gasteiger partial charge in [-0.3, -0.25) is 4.98 Å². The van der Waals surface area contributed by atoms with Crippen LogP contribution >= 0.6 is 0 Å². The Kier molecular flexibility index (Phi) is 9.35. The van der Waals surface area contributed by atoms with E-state index in [0.29, 0.717) is 28.7 Å². The van der Waals surface area contributed by atoms with E-state index in [-0.39, 0.29) is 35.6 Å². The second-order valence-corrected chi connectivity index (χ2v) is 9.57. The van der Waals surface area contributed by atoms with Gasteiger partial charge in [-0.2, -0.15) is 26.3 Å². The lowest BCUT2D eigenvalue weighted by Gasteiger charge is -2.21. The largest absolute Gasteiger partial charge is 0.493 e. The molecule has 3 N–H and O–H groups in total. The van der Waals surface area contributed by atoms with E-state index >= 15 is 0 Å². The van der Waals surface area contributed by atoms with Gasteiger partial charge in [0.2, 0.25) is 0 Å². The molecular formula is C30H29F6N3O3. The quantitative estimate of drug-likeness (QED) is 0.171. The molecule has 42 heavy (non-hydrogen) atoms. The zero-order chi connectivity index (χ0) is 30.5. The fraction of sp³-hybridized carbons (Fsp3) is 0.300. The molecule has 0 saturated carbocycles. The standard InChI is InChI=1S/C30H29F6N3O3/c1-18(6-5-12-37)39-24-16-25(40-2)28(42-23-10-4-8-21(15-23)30(34,35)36)26-19(11-13-38-27(24)26)17-41-22-9-3-7-20(14-22)29(31,32)33/h3-4,7-11,13-16,18,39H,5-6,12,17,37H2,1-2H3. The van der Waals surface area contributed by atoms with Crippen LogP contribution in [0.2, 0.25) is 0 Å². The number of rotatable bonds is 11. The number of ether oxygens (including phenoxy) is 3. The number of hydrogen-bond donors (Lipinski definition) is 2. The first kappa shape index (κ1) is 30.8. The number of fused-ring (bicyclic) bond motifs is 1. The van der Waals surface area contributed by atoms with Crippen LogP contribution in [-0.2, 0) is 19.0 Å². The first-order valence-corrected chi connectivity index (χ1v) is 13.0. The van der Waals surface area contributed by atoms with Crippen molar-refractivity contribution >= 4 is 16.6 Å². The number of methoxy groups -OCH3 is 1. The van der Waals surface area contributed by atoms with Crippen molar-refractivity contribution in [3.63, 3.8) is 0 Å². The van der Waals surface area contributed by atoms with Crippen molar-refractivity contribution in [3.05, 3.63) is 83.6 Å². The van der Waals surface area contributed by atoms with Crippen LogP contribution in [0.4, 0.5) is 32.0 Å². The summed E-state index contributed by atoms with van der Waals surface area (Å²) >= 11 is 0. The maximum Gasteiger partial charge on any atom is 0.416 e. The Bertz CT molecular complexity index is 1520. The van der Waals surface area contributed by atoms with Crippen molar-refractivity contribution in [2.24, 2.45) is 5.73 Å². The minimum absolute atomic E-state index is 0.0215. The smallest absolute Gasteiger partial charge is 0.416 e. The van der Waals surface area contributed by atoms with Crippen LogP contribution in [0.15, 0.2) is 66.9 Å². The van der Waals surface area contributed by atoms with Crippen LogP contribution in [0.5, 0.6) is 23.0 Å². The average molecular weight is 594 g/mol. The number of nitrogens with one attached hydrogen (secondary N) is 1. The van der Waals surface area contributed by atoms with E-state index in [0.717, 1.165) is 37.1 Å². The van der Waals surface area contributed by atoms with Crippen LogP contribution < -0.4 is 25.3 Å². The summed E-state index contributed by atoms with van der Waals surface area (Å²) in [4.78, 5) is 4.50. The van der Waals surface area contributed by atoms with Gasteiger partial charge in [0, 0.05) is 23.9 Å². The van der Waals surface area contributed by atoms with E-state index in [1.807, 2.05) is 6.92 Å². The molecule has 224 valence electrons. The third-order valence-electron chi connectivity index (χ3n) is 6.42. The Labute approximate surface area is 238 Å². The molecule has 0 fully saturated rings. The molecule has 0 aliphatic rings. The van der Waals surface area contributed by atoms with E-state index in [9.17, 15) is 26.3 Å². The molecule has 0 spiro atoms. The lowest BCUT2D eigenvalue weighted by atomic mass is 10.0. The summed E-state index contributed by atoms with van der Waals surface area (Å²) < 4.78 is 97.3. The molecule has 4 rings (SSSR count). The number of nitrogens with two attached hydrogens (primary N) is 1. The molecule has 0 saturated heterocycles. The molecule has 0 aliphatic heterocycles. The Morgan fingerprint density at radius 3 is 2.17 bits per heavy atom. The highest BCUT2D eigenvalue weighted by Crippen LogP contribution is 2.44. The zero-order valence-electron chi connectivity index (χ0n) is 22.8. The van der Waals surface area contributed by atoms with E-state index < -0.39 is 23.5 Å². The number of alkyl halides is 6. The molecule has 0 aliphatic carbocycles. The lowest BCUT2D eigenvalue weighted by Crippen LogP contribution is -2.17. The topological polar surface area (TPSA) is 78.6 Å². The Balaban J connectivity index is 1.82. The van der Waals surface area contributed by atoms with Gasteiger partial charge in [-0.05, 0) is 68.8 Å². The number of halogens is 6. The summed E-state index contributed by atoms with van der Waals surface area (Å²) in [6, 6.07) is 12.0. The normalized spacial score (nSPS) is 12.7. The number of anilines is 1. The van der Waals surface area contributed by atoms with E-state index in [1.165, 1.54) is 37.6 Å². The molecule has 1 atom stereocenters. The molecule has 1 unspecified atom stereocenters. The minimum atomic E-state index is -4.59. The van der Waals surface area contributed by atoms with Crippen molar-refractivity contribution in [1.29, 1.82) is 0 Å². The fourth-order valence-corrected chi connectivity index (χ4v) is 4.37. The predicted octanol–water partition coefficient (Wildman–Crippen LogP) is 8.19. The third-order valence-corrected chi connectivity index (χ3v) is 6.42. The van der Waals surface area contributed by atoms with Crippen LogP contribution in [0, 0.1) is 0 Å². The van der Waals surface area contributed by atoms with Crippen molar-refractivity contribution in [3.8, 4) is 23.0 Å². The van der Waals surface area contributed by atoms with Crippen molar-refractivity contribution in [2.75, 3.05) is 19.0 Å². The SMILES string of the molecule is COc1cc(NC(C)CCCN)c2nccc(COc3cccc(C(F)(F)F)c3)c2c1Oc1cccc(C(F)(F)F)c1. The molecule has 1 aromatic heterocycles. The molecular weight excluding hydrogens is 564 g/mol. The lowest BCUT2D eigenvalue weighted by molar-refractivity contribution is -0.138. The summed E-state index contributed by atoms with van der Waals surface area (Å²) in [6.07, 6.45) is -6.12. The summed E-state index contributed by atoms with van der Waals surface area (Å²) in [5.74, 6) is 0.145. The molecule has 0 radical (unpaired) electrons. The molecule has 0 bridgehead atoms. The Hall–Kier alpha value is -4.19. The molecule has 4 aromatic rings. The first-order valence-electron chi connectivity index (χ1n) is 13.0. The maximum absolute atomic E-state index is 13.4. The Morgan fingerprint density at radius 1 is 0.905 bits per heavy atom. The van der Waals surface area contributed by atoms with Crippen molar-refractivity contribution in [2.45, 2.75) is 44.8 Å². The number of pyridine rings is 1. The molecule has 0 amide bonds. The monoisotopic (exact) mass is 593 g/mol. The zero-order valence-corrected chi connectivity index (χ0v) is 22.8. The second kappa shape index (κ2) is 12.8. The first-order chi connectivity index (χ1) is 19.9. The van der Waals surface area contributed by atoms with Gasteiger partial charge in [0.15, 0.2) is 11.5 Å². The fourth-order valence-electron chi connectivity index (χ4n) is 4.37. The number of hydrogen-bond acceptors (Lipinski definition) is 6. The second-order valence-electron chi connectivity index (χ2n) is 9.57. The van der Waals surface area contributed by atoms with Crippen LogP contribution in [0.25, 0.3) is 10.9 Å². The highest BCUT2D eigenvalue weighted by atomic mass is 19.4. The molecule has 12 heteroatoms. The summed E-state index contributed by atoms with van der Waals surface area (Å²) in [5.41, 5.74) is 5.30. The Morgan fingerprint density at radius 2 is 1.55 bits per heavy atom. The van der Waals surface area contributed by atoms with Crippen LogP contribution in [0.1, 0.15) is 36.5 Å². The van der Waals surface area contributed by atoms with Gasteiger partial charge in [-0.1, -0.05) is 12.1 Å².